The van der Waals surface area contributed by atoms with Gasteiger partial charge in [-0.15, -0.1) is 0 Å². The first-order valence-corrected chi connectivity index (χ1v) is 12.1. The molecule has 0 spiro atoms. The van der Waals surface area contributed by atoms with Gasteiger partial charge in [0.2, 0.25) is 0 Å². The number of rotatable bonds is 10. The Bertz CT molecular complexity index is 1080. The molecule has 1 saturated heterocycles. The third kappa shape index (κ3) is 14.4. The van der Waals surface area contributed by atoms with Crippen LogP contribution in [0.1, 0.15) is 19.2 Å². The molecular weight excluding hydrogens is 514 g/mol. The molecule has 1 fully saturated rings. The van der Waals surface area contributed by atoms with Crippen molar-refractivity contribution in [1.82, 2.24) is 24.3 Å². The quantitative estimate of drug-likeness (QED) is 0.242. The van der Waals surface area contributed by atoms with Gasteiger partial charge in [0.15, 0.2) is 5.65 Å². The van der Waals surface area contributed by atoms with Crippen LogP contribution >= 0.6 is 0 Å². The van der Waals surface area contributed by atoms with E-state index in [4.69, 9.17) is 30.1 Å². The van der Waals surface area contributed by atoms with E-state index in [0.29, 0.717) is 30.9 Å². The van der Waals surface area contributed by atoms with Crippen molar-refractivity contribution in [3.63, 3.8) is 0 Å². The van der Waals surface area contributed by atoms with Gasteiger partial charge in [-0.05, 0) is 45.6 Å². The second kappa shape index (κ2) is 18.2. The third-order valence-electron chi connectivity index (χ3n) is 5.16. The number of carboxylic acids is 4. The molecule has 0 aromatic carbocycles. The Labute approximate surface area is 225 Å². The van der Waals surface area contributed by atoms with E-state index >= 15 is 0 Å². The van der Waals surface area contributed by atoms with Gasteiger partial charge < -0.3 is 34.6 Å². The van der Waals surface area contributed by atoms with Gasteiger partial charge >= 0.3 is 23.9 Å². The van der Waals surface area contributed by atoms with Crippen molar-refractivity contribution in [3.8, 4) is 0 Å². The van der Waals surface area contributed by atoms with Crippen LogP contribution in [0.15, 0.2) is 42.6 Å². The smallest absolute Gasteiger partial charge is 0.328 e. The summed E-state index contributed by atoms with van der Waals surface area (Å²) in [5, 5.41) is 31.2. The number of likely N-dealkylation sites (N-methyl/N-ethyl adjacent to an activating group) is 1. The van der Waals surface area contributed by atoms with E-state index in [1.54, 1.807) is 0 Å². The topological polar surface area (TPSA) is 196 Å². The van der Waals surface area contributed by atoms with Gasteiger partial charge in [-0.25, -0.2) is 29.1 Å². The molecule has 0 amide bonds. The maximum Gasteiger partial charge on any atom is 0.328 e. The van der Waals surface area contributed by atoms with Crippen molar-refractivity contribution in [3.05, 3.63) is 48.5 Å². The van der Waals surface area contributed by atoms with Crippen molar-refractivity contribution in [2.75, 3.05) is 46.4 Å². The van der Waals surface area contributed by atoms with Crippen LogP contribution in [0.5, 0.6) is 0 Å². The molecule has 14 nitrogen and oxygen atoms in total. The number of carboxylic acid groups (broad SMARTS) is 4. The van der Waals surface area contributed by atoms with Gasteiger partial charge in [0.1, 0.15) is 11.3 Å². The average molecular weight is 550 g/mol. The number of fused-ring (bicyclic) bond motifs is 1. The summed E-state index contributed by atoms with van der Waals surface area (Å²) in [5.41, 5.74) is 1.94. The van der Waals surface area contributed by atoms with Crippen LogP contribution in [0, 0.1) is 0 Å². The minimum absolute atomic E-state index is 0.558. The number of ether oxygens (including phenoxy) is 1. The van der Waals surface area contributed by atoms with Gasteiger partial charge in [-0.1, -0.05) is 0 Å². The molecule has 4 N–H and O–H groups in total. The highest BCUT2D eigenvalue weighted by Crippen LogP contribution is 2.16. The summed E-state index contributed by atoms with van der Waals surface area (Å²) in [6.45, 7) is 9.70. The van der Waals surface area contributed by atoms with E-state index in [1.165, 1.54) is 13.0 Å². The second-order valence-corrected chi connectivity index (χ2v) is 8.18. The van der Waals surface area contributed by atoms with Crippen molar-refractivity contribution in [1.29, 1.82) is 0 Å². The zero-order chi connectivity index (χ0) is 29.2. The highest BCUT2D eigenvalue weighted by Gasteiger charge is 2.17. The van der Waals surface area contributed by atoms with Crippen LogP contribution in [0.4, 0.5) is 0 Å². The fourth-order valence-electron chi connectivity index (χ4n) is 3.40. The van der Waals surface area contributed by atoms with Gasteiger partial charge in [-0.3, -0.25) is 4.90 Å². The lowest BCUT2D eigenvalue weighted by molar-refractivity contribution is -0.134. The predicted octanol–water partition coefficient (Wildman–Crippen LogP) is 1.03. The molecule has 0 aliphatic carbocycles. The maximum absolute atomic E-state index is 9.55. The van der Waals surface area contributed by atoms with Crippen LogP contribution in [0.25, 0.3) is 11.2 Å². The van der Waals surface area contributed by atoms with E-state index in [1.807, 2.05) is 25.3 Å². The molecule has 3 rings (SSSR count). The number of carbonyl (C=O) groups is 4. The number of hydrogen-bond donors (Lipinski definition) is 4. The molecule has 1 aliphatic heterocycles. The van der Waals surface area contributed by atoms with Crippen LogP contribution in [-0.2, 0) is 37.0 Å². The molecule has 0 saturated carbocycles. The first kappa shape index (κ1) is 32.9. The molecule has 0 bridgehead atoms. The van der Waals surface area contributed by atoms with Crippen LogP contribution in [0.2, 0.25) is 0 Å². The Balaban J connectivity index is 0.000000393. The Morgan fingerprint density at radius 2 is 1.51 bits per heavy atom. The molecule has 3 heterocycles. The molecule has 39 heavy (non-hydrogen) atoms. The zero-order valence-electron chi connectivity index (χ0n) is 22.0. The molecular formula is C25H35N5O9. The number of aromatic nitrogens is 3. The molecule has 0 atom stereocenters. The first-order valence-electron chi connectivity index (χ1n) is 12.1. The molecule has 0 radical (unpaired) electrons. The van der Waals surface area contributed by atoms with E-state index in [2.05, 4.69) is 26.4 Å². The summed E-state index contributed by atoms with van der Waals surface area (Å²) in [5.74, 6) is -3.93. The van der Waals surface area contributed by atoms with E-state index in [0.717, 1.165) is 56.3 Å². The summed E-state index contributed by atoms with van der Waals surface area (Å²) in [6, 6.07) is 3.99. The summed E-state index contributed by atoms with van der Waals surface area (Å²) in [6.07, 6.45) is 5.29. The first-order chi connectivity index (χ1) is 18.5. The normalized spacial score (nSPS) is 14.3. The standard InChI is InChI=1S/C17H27N5O.2C4H4O4/c1-3-23-13-12-22-16(19-15-6-4-7-18-17(15)22)14-21-9-5-8-20(2)10-11-21;2*5-3(6)1-2-4(7)8/h4,6-7H,3,5,8-14H2,1-2H3;2*1-2H,(H,5,6)(H,7,8). The minimum Gasteiger partial charge on any atom is -0.478 e. The number of pyridine rings is 1. The lowest BCUT2D eigenvalue weighted by atomic mass is 10.4. The SMILES string of the molecule is CCOCCn1c(CN2CCCN(C)CC2)nc2cccnc21.O=C(O)C=CC(=O)O.O=C(O)C=CC(=O)O. The monoisotopic (exact) mass is 549 g/mol. The Morgan fingerprint density at radius 3 is 2.05 bits per heavy atom. The number of nitrogens with zero attached hydrogens (tertiary/aromatic N) is 5. The van der Waals surface area contributed by atoms with Gasteiger partial charge in [-0.2, -0.15) is 0 Å². The van der Waals surface area contributed by atoms with Crippen LogP contribution in [0.3, 0.4) is 0 Å². The summed E-state index contributed by atoms with van der Waals surface area (Å²) in [4.78, 5) is 52.5. The summed E-state index contributed by atoms with van der Waals surface area (Å²) in [7, 11) is 2.20. The van der Waals surface area contributed by atoms with E-state index in [9.17, 15) is 19.2 Å². The van der Waals surface area contributed by atoms with Crippen LogP contribution in [-0.4, -0.2) is 115 Å². The Kier molecular flexibility index (Phi) is 15.3. The maximum atomic E-state index is 9.55. The fraction of sp³-hybridized carbons (Fsp3) is 0.440. The number of imidazole rings is 1. The average Bonchev–Trinajstić information content (AvgIpc) is 3.08. The zero-order valence-corrected chi connectivity index (χ0v) is 22.0. The summed E-state index contributed by atoms with van der Waals surface area (Å²) >= 11 is 0. The van der Waals surface area contributed by atoms with Crippen molar-refractivity contribution in [2.45, 2.75) is 26.4 Å². The molecule has 2 aromatic heterocycles. The third-order valence-corrected chi connectivity index (χ3v) is 5.16. The second-order valence-electron chi connectivity index (χ2n) is 8.18. The number of aliphatic carboxylic acids is 4. The van der Waals surface area contributed by atoms with Crippen LogP contribution < -0.4 is 0 Å². The lowest BCUT2D eigenvalue weighted by Gasteiger charge is -2.20. The lowest BCUT2D eigenvalue weighted by Crippen LogP contribution is -2.29. The molecule has 1 aliphatic rings. The number of hydrogen-bond acceptors (Lipinski definition) is 9. The predicted molar refractivity (Wildman–Crippen MR) is 140 cm³/mol. The highest BCUT2D eigenvalue weighted by molar-refractivity contribution is 5.90. The highest BCUT2D eigenvalue weighted by atomic mass is 16.5. The largest absolute Gasteiger partial charge is 0.478 e. The van der Waals surface area contributed by atoms with Gasteiger partial charge in [0.05, 0.1) is 13.2 Å². The van der Waals surface area contributed by atoms with Crippen molar-refractivity contribution < 1.29 is 44.3 Å². The van der Waals surface area contributed by atoms with Crippen molar-refractivity contribution >= 4 is 35.0 Å². The fourth-order valence-corrected chi connectivity index (χ4v) is 3.40. The van der Waals surface area contributed by atoms with E-state index < -0.39 is 23.9 Å². The molecule has 0 unspecified atom stereocenters. The molecule has 2 aromatic rings. The summed E-state index contributed by atoms with van der Waals surface area (Å²) < 4.78 is 7.76. The Hall–Kier alpha value is -4.14. The van der Waals surface area contributed by atoms with E-state index in [-0.39, 0.29) is 0 Å². The minimum atomic E-state index is -1.26. The van der Waals surface area contributed by atoms with Gasteiger partial charge in [0, 0.05) is 56.7 Å². The Morgan fingerprint density at radius 1 is 0.923 bits per heavy atom. The van der Waals surface area contributed by atoms with Gasteiger partial charge in [0.25, 0.3) is 0 Å². The molecule has 14 heteroatoms. The van der Waals surface area contributed by atoms with Crippen molar-refractivity contribution in [2.24, 2.45) is 0 Å². The molecule has 214 valence electrons.